The van der Waals surface area contributed by atoms with Crippen LogP contribution < -0.4 is 10.1 Å². The highest BCUT2D eigenvalue weighted by Gasteiger charge is 2.15. The lowest BCUT2D eigenvalue weighted by Crippen LogP contribution is -2.18. The summed E-state index contributed by atoms with van der Waals surface area (Å²) in [6.07, 6.45) is 0. The molecule has 0 aliphatic carbocycles. The molecule has 0 aromatic carbocycles. The number of aromatic amines is 1. The van der Waals surface area contributed by atoms with Crippen LogP contribution in [0.1, 0.15) is 23.1 Å². The number of rotatable bonds is 4. The van der Waals surface area contributed by atoms with E-state index in [1.54, 1.807) is 10.7 Å². The number of nitrogens with zero attached hydrogens (tertiary/aromatic N) is 4. The van der Waals surface area contributed by atoms with Crippen LogP contribution in [0.3, 0.4) is 0 Å². The molecule has 96 valence electrons. The minimum absolute atomic E-state index is 0.172. The van der Waals surface area contributed by atoms with Crippen molar-refractivity contribution >= 4 is 11.9 Å². The Morgan fingerprint density at radius 3 is 3.00 bits per heavy atom. The van der Waals surface area contributed by atoms with Gasteiger partial charge in [-0.05, 0) is 19.9 Å². The third kappa shape index (κ3) is 2.31. The Kier molecular flexibility index (Phi) is 3.26. The predicted molar refractivity (Wildman–Crippen MR) is 63.5 cm³/mol. The second-order valence-corrected chi connectivity index (χ2v) is 3.61. The van der Waals surface area contributed by atoms with Crippen molar-refractivity contribution in [1.29, 1.82) is 0 Å². The second-order valence-electron chi connectivity index (χ2n) is 3.61. The third-order valence-corrected chi connectivity index (χ3v) is 2.31. The van der Waals surface area contributed by atoms with Crippen molar-refractivity contribution in [1.82, 2.24) is 25.0 Å². The van der Waals surface area contributed by atoms with Crippen molar-refractivity contribution in [3.05, 3.63) is 17.5 Å². The Morgan fingerprint density at radius 1 is 1.61 bits per heavy atom. The van der Waals surface area contributed by atoms with Crippen LogP contribution in [0.2, 0.25) is 0 Å². The Morgan fingerprint density at radius 2 is 2.39 bits per heavy atom. The lowest BCUT2D eigenvalue weighted by molar-refractivity contribution is 0.101. The van der Waals surface area contributed by atoms with Crippen LogP contribution in [-0.2, 0) is 6.54 Å². The van der Waals surface area contributed by atoms with E-state index in [9.17, 15) is 4.79 Å². The van der Waals surface area contributed by atoms with Gasteiger partial charge in [0.1, 0.15) is 5.69 Å². The van der Waals surface area contributed by atoms with Gasteiger partial charge in [0.15, 0.2) is 0 Å². The van der Waals surface area contributed by atoms with E-state index in [0.717, 1.165) is 5.69 Å². The predicted octanol–water partition coefficient (Wildman–Crippen LogP) is 0.590. The molecule has 8 heteroatoms. The van der Waals surface area contributed by atoms with Gasteiger partial charge in [0.05, 0.1) is 12.8 Å². The van der Waals surface area contributed by atoms with Gasteiger partial charge in [-0.1, -0.05) is 0 Å². The molecule has 2 N–H and O–H groups in total. The van der Waals surface area contributed by atoms with Crippen molar-refractivity contribution in [2.24, 2.45) is 0 Å². The number of methoxy groups -OCH3 is 1. The summed E-state index contributed by atoms with van der Waals surface area (Å²) in [6.45, 7) is 4.37. The highest BCUT2D eigenvalue weighted by Crippen LogP contribution is 2.09. The first kappa shape index (κ1) is 12.1. The van der Waals surface area contributed by atoms with Crippen LogP contribution in [0.4, 0.5) is 5.95 Å². The summed E-state index contributed by atoms with van der Waals surface area (Å²) in [5.41, 5.74) is 1.27. The van der Waals surface area contributed by atoms with Gasteiger partial charge in [0, 0.05) is 6.54 Å². The van der Waals surface area contributed by atoms with E-state index in [1.807, 2.05) is 13.8 Å². The number of amides is 1. The summed E-state index contributed by atoms with van der Waals surface area (Å²) in [6, 6.07) is 1.89. The lowest BCUT2D eigenvalue weighted by Gasteiger charge is -2.03. The van der Waals surface area contributed by atoms with Crippen LogP contribution in [0.25, 0.3) is 0 Å². The van der Waals surface area contributed by atoms with Crippen molar-refractivity contribution < 1.29 is 9.53 Å². The smallest absolute Gasteiger partial charge is 0.336 e. The molecule has 0 radical (unpaired) electrons. The summed E-state index contributed by atoms with van der Waals surface area (Å²) in [5.74, 6) is -0.0605. The standard InChI is InChI=1S/C10H14N6O2/c1-4-16-7(5-6(2)15-16)8(17)11-9-12-10(18-3)14-13-9/h5H,4H2,1-3H3,(H2,11,12,13,14,17). The van der Waals surface area contributed by atoms with E-state index in [2.05, 4.69) is 25.6 Å². The number of H-pyrrole nitrogens is 1. The molecule has 2 rings (SSSR count). The van der Waals surface area contributed by atoms with Crippen LogP contribution in [0, 0.1) is 6.92 Å². The van der Waals surface area contributed by atoms with E-state index in [1.165, 1.54) is 7.11 Å². The van der Waals surface area contributed by atoms with Crippen molar-refractivity contribution in [3.63, 3.8) is 0 Å². The van der Waals surface area contributed by atoms with Gasteiger partial charge in [-0.3, -0.25) is 14.8 Å². The minimum Gasteiger partial charge on any atom is -0.466 e. The van der Waals surface area contributed by atoms with Crippen LogP contribution >= 0.6 is 0 Å². The van der Waals surface area contributed by atoms with E-state index in [4.69, 9.17) is 4.74 Å². The number of hydrogen-bond donors (Lipinski definition) is 2. The number of ether oxygens (including phenoxy) is 1. The Labute approximate surface area is 103 Å². The SMILES string of the molecule is CCn1nc(C)cc1C(=O)Nc1nc(OC)n[nH]1. The molecule has 0 spiro atoms. The van der Waals surface area contributed by atoms with Crippen molar-refractivity contribution in [3.8, 4) is 6.01 Å². The average molecular weight is 250 g/mol. The van der Waals surface area contributed by atoms with Gasteiger partial charge in [-0.2, -0.15) is 10.1 Å². The fourth-order valence-corrected chi connectivity index (χ4v) is 1.53. The molecule has 0 atom stereocenters. The molecule has 18 heavy (non-hydrogen) atoms. The zero-order valence-electron chi connectivity index (χ0n) is 10.4. The highest BCUT2D eigenvalue weighted by atomic mass is 16.5. The van der Waals surface area contributed by atoms with Crippen molar-refractivity contribution in [2.75, 3.05) is 12.4 Å². The average Bonchev–Trinajstić information content (AvgIpc) is 2.95. The number of aryl methyl sites for hydroxylation is 2. The molecule has 0 saturated carbocycles. The fraction of sp³-hybridized carbons (Fsp3) is 0.400. The first-order valence-electron chi connectivity index (χ1n) is 5.46. The zero-order valence-corrected chi connectivity index (χ0v) is 10.4. The normalized spacial score (nSPS) is 10.4. The highest BCUT2D eigenvalue weighted by molar-refractivity contribution is 6.02. The molecule has 1 amide bonds. The molecule has 0 fully saturated rings. The number of carbonyl (C=O) groups is 1. The maximum atomic E-state index is 12.0. The summed E-state index contributed by atoms with van der Waals surface area (Å²) >= 11 is 0. The molecule has 8 nitrogen and oxygen atoms in total. The summed E-state index contributed by atoms with van der Waals surface area (Å²) < 4.78 is 6.43. The zero-order chi connectivity index (χ0) is 13.1. The van der Waals surface area contributed by atoms with E-state index in [-0.39, 0.29) is 17.9 Å². The van der Waals surface area contributed by atoms with E-state index in [0.29, 0.717) is 12.2 Å². The Hall–Kier alpha value is -2.38. The number of hydrogen-bond acceptors (Lipinski definition) is 5. The van der Waals surface area contributed by atoms with Gasteiger partial charge in [-0.25, -0.2) is 5.10 Å². The number of aromatic nitrogens is 5. The molecule has 2 aromatic rings. The quantitative estimate of drug-likeness (QED) is 0.827. The third-order valence-electron chi connectivity index (χ3n) is 2.31. The molecule has 0 aliphatic heterocycles. The summed E-state index contributed by atoms with van der Waals surface area (Å²) in [7, 11) is 1.45. The first-order valence-corrected chi connectivity index (χ1v) is 5.46. The molecule has 0 unspecified atom stereocenters. The molecule has 2 aromatic heterocycles. The number of nitrogens with one attached hydrogen (secondary N) is 2. The first-order chi connectivity index (χ1) is 8.63. The lowest BCUT2D eigenvalue weighted by atomic mass is 10.3. The maximum absolute atomic E-state index is 12.0. The molecule has 2 heterocycles. The molecule has 0 aliphatic rings. The molecule has 0 bridgehead atoms. The van der Waals surface area contributed by atoms with E-state index >= 15 is 0 Å². The maximum Gasteiger partial charge on any atom is 0.336 e. The topological polar surface area (TPSA) is 97.7 Å². The molecule has 0 saturated heterocycles. The number of carbonyl (C=O) groups excluding carboxylic acids is 1. The second kappa shape index (κ2) is 4.86. The van der Waals surface area contributed by atoms with E-state index < -0.39 is 0 Å². The van der Waals surface area contributed by atoms with Gasteiger partial charge >= 0.3 is 6.01 Å². The van der Waals surface area contributed by atoms with Crippen LogP contribution in [0.15, 0.2) is 6.07 Å². The Balaban J connectivity index is 2.16. The summed E-state index contributed by atoms with van der Waals surface area (Å²) in [4.78, 5) is 15.9. The Bertz CT molecular complexity index is 558. The van der Waals surface area contributed by atoms with Crippen molar-refractivity contribution in [2.45, 2.75) is 20.4 Å². The largest absolute Gasteiger partial charge is 0.466 e. The fourth-order valence-electron chi connectivity index (χ4n) is 1.53. The van der Waals surface area contributed by atoms with Gasteiger partial charge in [0.25, 0.3) is 5.91 Å². The van der Waals surface area contributed by atoms with Gasteiger partial charge in [-0.15, -0.1) is 5.10 Å². The molecular weight excluding hydrogens is 236 g/mol. The minimum atomic E-state index is -0.295. The molecular formula is C10H14N6O2. The van der Waals surface area contributed by atoms with Gasteiger partial charge < -0.3 is 4.74 Å². The van der Waals surface area contributed by atoms with Crippen LogP contribution in [-0.4, -0.2) is 38.0 Å². The summed E-state index contributed by atoms with van der Waals surface area (Å²) in [5, 5.41) is 13.1. The monoisotopic (exact) mass is 250 g/mol. The van der Waals surface area contributed by atoms with Crippen LogP contribution in [0.5, 0.6) is 6.01 Å². The number of anilines is 1. The van der Waals surface area contributed by atoms with Gasteiger partial charge in [0.2, 0.25) is 5.95 Å².